The van der Waals surface area contributed by atoms with Crippen molar-refractivity contribution in [1.82, 2.24) is 4.72 Å². The third-order valence-electron chi connectivity index (χ3n) is 2.87. The standard InChI is InChI=1S/C13H18F3NO3S/c1-10(18)9-17-21(19,20)8-7-12(13(14,15)16)11-5-3-2-4-6-11/h2-6,10,12,17-18H,7-9H2,1H3/t10-,12?/m1/s1. The van der Waals surface area contributed by atoms with Crippen LogP contribution in [0.15, 0.2) is 30.3 Å². The van der Waals surface area contributed by atoms with Gasteiger partial charge >= 0.3 is 6.18 Å². The van der Waals surface area contributed by atoms with Gasteiger partial charge in [0.1, 0.15) is 0 Å². The minimum atomic E-state index is -4.51. The minimum absolute atomic E-state index is 0.0377. The van der Waals surface area contributed by atoms with Gasteiger partial charge in [-0.3, -0.25) is 0 Å². The molecule has 0 spiro atoms. The van der Waals surface area contributed by atoms with Crippen molar-refractivity contribution in [2.75, 3.05) is 12.3 Å². The maximum absolute atomic E-state index is 13.0. The second-order valence-electron chi connectivity index (χ2n) is 4.81. The van der Waals surface area contributed by atoms with Crippen molar-refractivity contribution >= 4 is 10.0 Å². The number of hydrogen-bond donors (Lipinski definition) is 2. The Morgan fingerprint density at radius 3 is 2.29 bits per heavy atom. The van der Waals surface area contributed by atoms with E-state index in [1.54, 1.807) is 6.07 Å². The summed E-state index contributed by atoms with van der Waals surface area (Å²) in [5, 5.41) is 8.99. The Bertz CT molecular complexity index is 529. The summed E-state index contributed by atoms with van der Waals surface area (Å²) in [7, 11) is -3.85. The summed E-state index contributed by atoms with van der Waals surface area (Å²) < 4.78 is 64.4. The fourth-order valence-corrected chi connectivity index (χ4v) is 2.98. The molecule has 0 aromatic heterocycles. The van der Waals surface area contributed by atoms with Crippen molar-refractivity contribution in [3.8, 4) is 0 Å². The van der Waals surface area contributed by atoms with E-state index in [4.69, 9.17) is 5.11 Å². The van der Waals surface area contributed by atoms with Crippen LogP contribution in [0.1, 0.15) is 24.8 Å². The Kier molecular flexibility index (Phi) is 6.18. The summed E-state index contributed by atoms with van der Waals surface area (Å²) >= 11 is 0. The van der Waals surface area contributed by atoms with E-state index in [9.17, 15) is 21.6 Å². The lowest BCUT2D eigenvalue weighted by atomic mass is 9.96. The SMILES string of the molecule is C[C@@H](O)CNS(=O)(=O)CCC(c1ccccc1)C(F)(F)F. The summed E-state index contributed by atoms with van der Waals surface area (Å²) in [4.78, 5) is 0. The molecule has 0 aliphatic carbocycles. The Morgan fingerprint density at radius 1 is 1.24 bits per heavy atom. The number of rotatable bonds is 7. The van der Waals surface area contributed by atoms with Gasteiger partial charge in [-0.15, -0.1) is 0 Å². The van der Waals surface area contributed by atoms with Crippen molar-refractivity contribution < 1.29 is 26.7 Å². The maximum atomic E-state index is 13.0. The van der Waals surface area contributed by atoms with Crippen LogP contribution in [-0.4, -0.2) is 38.1 Å². The van der Waals surface area contributed by atoms with Crippen LogP contribution in [0.5, 0.6) is 0 Å². The fourth-order valence-electron chi connectivity index (χ4n) is 1.80. The van der Waals surface area contributed by atoms with Crippen LogP contribution in [0.2, 0.25) is 0 Å². The zero-order valence-corrected chi connectivity index (χ0v) is 12.3. The number of halogens is 3. The number of hydrogen-bond acceptors (Lipinski definition) is 3. The topological polar surface area (TPSA) is 66.4 Å². The van der Waals surface area contributed by atoms with E-state index >= 15 is 0 Å². The lowest BCUT2D eigenvalue weighted by Gasteiger charge is -2.20. The van der Waals surface area contributed by atoms with E-state index in [1.807, 2.05) is 0 Å². The average molecular weight is 325 g/mol. The van der Waals surface area contributed by atoms with E-state index in [1.165, 1.54) is 31.2 Å². The molecule has 4 nitrogen and oxygen atoms in total. The highest BCUT2D eigenvalue weighted by Crippen LogP contribution is 2.37. The molecule has 1 aromatic rings. The molecule has 1 unspecified atom stereocenters. The highest BCUT2D eigenvalue weighted by molar-refractivity contribution is 7.89. The summed E-state index contributed by atoms with van der Waals surface area (Å²) in [5.74, 6) is -2.49. The Labute approximate surface area is 122 Å². The molecule has 21 heavy (non-hydrogen) atoms. The molecule has 0 aliphatic rings. The van der Waals surface area contributed by atoms with E-state index in [-0.39, 0.29) is 12.1 Å². The predicted molar refractivity (Wildman–Crippen MR) is 73.3 cm³/mol. The Hall–Kier alpha value is -1.12. The number of benzene rings is 1. The van der Waals surface area contributed by atoms with Crippen LogP contribution in [0, 0.1) is 0 Å². The maximum Gasteiger partial charge on any atom is 0.395 e. The van der Waals surface area contributed by atoms with Gasteiger partial charge in [-0.25, -0.2) is 13.1 Å². The largest absolute Gasteiger partial charge is 0.395 e. The van der Waals surface area contributed by atoms with E-state index in [2.05, 4.69) is 4.72 Å². The summed E-state index contributed by atoms with van der Waals surface area (Å²) in [6.45, 7) is 1.16. The average Bonchev–Trinajstić information content (AvgIpc) is 2.36. The highest BCUT2D eigenvalue weighted by atomic mass is 32.2. The molecule has 2 N–H and O–H groups in total. The monoisotopic (exact) mass is 325 g/mol. The number of aliphatic hydroxyl groups excluding tert-OH is 1. The number of aliphatic hydroxyl groups is 1. The van der Waals surface area contributed by atoms with E-state index in [0.717, 1.165) is 0 Å². The minimum Gasteiger partial charge on any atom is -0.392 e. The van der Waals surface area contributed by atoms with Crippen LogP contribution in [-0.2, 0) is 10.0 Å². The normalized spacial score (nSPS) is 15.7. The van der Waals surface area contributed by atoms with Gasteiger partial charge in [0.2, 0.25) is 10.0 Å². The van der Waals surface area contributed by atoms with Crippen molar-refractivity contribution in [2.45, 2.75) is 31.5 Å². The van der Waals surface area contributed by atoms with Crippen LogP contribution >= 0.6 is 0 Å². The van der Waals surface area contributed by atoms with Crippen molar-refractivity contribution in [3.05, 3.63) is 35.9 Å². The van der Waals surface area contributed by atoms with Gasteiger partial charge in [0.15, 0.2) is 0 Å². The number of alkyl halides is 3. The Balaban J connectivity index is 2.76. The molecule has 1 rings (SSSR count). The highest BCUT2D eigenvalue weighted by Gasteiger charge is 2.40. The fraction of sp³-hybridized carbons (Fsp3) is 0.538. The van der Waals surface area contributed by atoms with Gasteiger partial charge in [0.05, 0.1) is 17.8 Å². The molecule has 0 saturated heterocycles. The zero-order valence-electron chi connectivity index (χ0n) is 11.5. The zero-order chi connectivity index (χ0) is 16.1. The van der Waals surface area contributed by atoms with Crippen molar-refractivity contribution in [3.63, 3.8) is 0 Å². The number of nitrogens with one attached hydrogen (secondary N) is 1. The van der Waals surface area contributed by atoms with Gasteiger partial charge in [0, 0.05) is 6.54 Å². The summed E-state index contributed by atoms with van der Waals surface area (Å²) in [6.07, 6.45) is -5.98. The third kappa shape index (κ3) is 6.45. The first-order valence-electron chi connectivity index (χ1n) is 6.39. The molecular formula is C13H18F3NO3S. The molecule has 2 atom stereocenters. The molecule has 0 radical (unpaired) electrons. The molecule has 1 aromatic carbocycles. The summed E-state index contributed by atoms with van der Waals surface area (Å²) in [6, 6.07) is 7.21. The first kappa shape index (κ1) is 17.9. The predicted octanol–water partition coefficient (Wildman–Crippen LogP) is 2.02. The van der Waals surface area contributed by atoms with Crippen LogP contribution < -0.4 is 4.72 Å². The molecule has 120 valence electrons. The van der Waals surface area contributed by atoms with Gasteiger partial charge < -0.3 is 5.11 Å². The number of sulfonamides is 1. The molecular weight excluding hydrogens is 307 g/mol. The smallest absolute Gasteiger partial charge is 0.392 e. The lowest BCUT2D eigenvalue weighted by Crippen LogP contribution is -2.34. The molecule has 0 bridgehead atoms. The molecule has 8 heteroatoms. The molecule has 0 heterocycles. The second-order valence-corrected chi connectivity index (χ2v) is 6.74. The lowest BCUT2D eigenvalue weighted by molar-refractivity contribution is -0.150. The van der Waals surface area contributed by atoms with Gasteiger partial charge in [0.25, 0.3) is 0 Å². The second kappa shape index (κ2) is 7.24. The molecule has 0 amide bonds. The first-order chi connectivity index (χ1) is 9.62. The molecule has 0 fully saturated rings. The van der Waals surface area contributed by atoms with Gasteiger partial charge in [-0.1, -0.05) is 30.3 Å². The Morgan fingerprint density at radius 2 is 1.81 bits per heavy atom. The third-order valence-corrected chi connectivity index (χ3v) is 4.25. The van der Waals surface area contributed by atoms with Gasteiger partial charge in [-0.2, -0.15) is 13.2 Å². The van der Waals surface area contributed by atoms with Crippen molar-refractivity contribution in [1.29, 1.82) is 0 Å². The van der Waals surface area contributed by atoms with Crippen molar-refractivity contribution in [2.24, 2.45) is 0 Å². The van der Waals surface area contributed by atoms with Gasteiger partial charge in [-0.05, 0) is 18.9 Å². The molecule has 0 aliphatic heterocycles. The van der Waals surface area contributed by atoms with Crippen LogP contribution in [0.4, 0.5) is 13.2 Å². The van der Waals surface area contributed by atoms with E-state index in [0.29, 0.717) is 0 Å². The van der Waals surface area contributed by atoms with Crippen LogP contribution in [0.25, 0.3) is 0 Å². The van der Waals surface area contributed by atoms with Crippen LogP contribution in [0.3, 0.4) is 0 Å². The summed E-state index contributed by atoms with van der Waals surface area (Å²) in [5.41, 5.74) is 0.0377. The quantitative estimate of drug-likeness (QED) is 0.806. The van der Waals surface area contributed by atoms with E-state index < -0.39 is 40.4 Å². The molecule has 0 saturated carbocycles. The first-order valence-corrected chi connectivity index (χ1v) is 8.04.